The highest BCUT2D eigenvalue weighted by Crippen LogP contribution is 2.75. The molecular weight excluding hydrogens is 364 g/mol. The van der Waals surface area contributed by atoms with E-state index in [4.69, 9.17) is 9.47 Å². The first kappa shape index (κ1) is 15.8. The van der Waals surface area contributed by atoms with Gasteiger partial charge in [0.15, 0.2) is 0 Å². The lowest BCUT2D eigenvalue weighted by Crippen LogP contribution is -2.48. The molecule has 0 aromatic rings. The van der Waals surface area contributed by atoms with Gasteiger partial charge in [0.2, 0.25) is 0 Å². The Kier molecular flexibility index (Phi) is 2.49. The maximum atomic E-state index is 14.0. The van der Waals surface area contributed by atoms with Crippen LogP contribution in [0, 0.1) is 58.2 Å². The number of ketones is 1. The minimum absolute atomic E-state index is 0.0532. The van der Waals surface area contributed by atoms with Crippen LogP contribution < -0.4 is 0 Å². The zero-order valence-electron chi connectivity index (χ0n) is 15.2. The van der Waals surface area contributed by atoms with Crippen LogP contribution in [0.15, 0.2) is 0 Å². The number of hydrogen-bond donors (Lipinski definition) is 0. The van der Waals surface area contributed by atoms with Crippen molar-refractivity contribution in [2.45, 2.75) is 38.5 Å². The molecule has 0 aromatic heterocycles. The molecule has 4 bridgehead atoms. The van der Waals surface area contributed by atoms with Gasteiger partial charge in [-0.2, -0.15) is 0 Å². The van der Waals surface area contributed by atoms with Crippen molar-refractivity contribution in [2.75, 3.05) is 0 Å². The number of cyclic esters (lactones) is 4. The van der Waals surface area contributed by atoms with Crippen LogP contribution in [-0.4, -0.2) is 29.7 Å². The summed E-state index contributed by atoms with van der Waals surface area (Å²) in [5, 5.41) is 0. The fourth-order valence-corrected chi connectivity index (χ4v) is 9.16. The zero-order valence-corrected chi connectivity index (χ0v) is 15.2. The Hall–Kier alpha value is -2.05. The Labute approximate surface area is 160 Å². The molecule has 2 aliphatic heterocycles. The van der Waals surface area contributed by atoms with Gasteiger partial charge < -0.3 is 9.47 Å². The number of fused-ring (bicyclic) bond motifs is 12. The van der Waals surface area contributed by atoms with Crippen molar-refractivity contribution in [1.82, 2.24) is 0 Å². The summed E-state index contributed by atoms with van der Waals surface area (Å²) in [5.41, 5.74) is -1.11. The van der Waals surface area contributed by atoms with Gasteiger partial charge in [-0.25, -0.2) is 0 Å². The molecule has 28 heavy (non-hydrogen) atoms. The molecule has 5 saturated carbocycles. The molecule has 2 saturated heterocycles. The van der Waals surface area contributed by atoms with Gasteiger partial charge in [0, 0.05) is 10.8 Å². The molecular formula is C21H20O7. The van der Waals surface area contributed by atoms with E-state index >= 15 is 0 Å². The third-order valence-corrected chi connectivity index (χ3v) is 9.85. The van der Waals surface area contributed by atoms with E-state index in [1.54, 1.807) is 0 Å². The SMILES string of the molecule is O=C1OC(=O)C2C1C1CC2[C@]2(CCC3(CC4C[C@@H]3C3C(=O)OC(=O)C43)C2=O)C1. The largest absolute Gasteiger partial charge is 0.393 e. The molecule has 8 unspecified atom stereocenters. The van der Waals surface area contributed by atoms with Crippen LogP contribution in [-0.2, 0) is 33.4 Å². The third kappa shape index (κ3) is 1.40. The molecule has 2 spiro atoms. The van der Waals surface area contributed by atoms with Gasteiger partial charge in [-0.1, -0.05) is 0 Å². The standard InChI is InChI=1S/C21H20O7/c22-15-11-7-3-9(13(11)17(24)27-15)20(5-7)1-2-21(19(20)26)6-8-4-10(21)14-12(8)16(23)28-18(14)25/h7-14H,1-6H2/t7?,8?,9-,10?,11?,12?,13?,14?,20?,21+/m1/s1. The summed E-state index contributed by atoms with van der Waals surface area (Å²) in [6.07, 6.45) is 4.27. The monoisotopic (exact) mass is 384 g/mol. The van der Waals surface area contributed by atoms with E-state index in [1.165, 1.54) is 0 Å². The van der Waals surface area contributed by atoms with Gasteiger partial charge in [-0.3, -0.25) is 24.0 Å². The van der Waals surface area contributed by atoms with Crippen LogP contribution in [0.1, 0.15) is 38.5 Å². The topological polar surface area (TPSA) is 104 Å². The summed E-state index contributed by atoms with van der Waals surface area (Å²) in [5.74, 6) is -3.28. The molecule has 0 aromatic carbocycles. The lowest BCUT2D eigenvalue weighted by atomic mass is 9.58. The molecule has 7 aliphatic rings. The second-order valence-corrected chi connectivity index (χ2v) is 10.3. The lowest BCUT2D eigenvalue weighted by Gasteiger charge is -2.41. The number of esters is 4. The van der Waals surface area contributed by atoms with Crippen LogP contribution in [0.4, 0.5) is 0 Å². The van der Waals surface area contributed by atoms with Gasteiger partial charge in [-0.05, 0) is 62.2 Å². The molecule has 7 nitrogen and oxygen atoms in total. The highest BCUT2D eigenvalue weighted by atomic mass is 16.6. The average molecular weight is 384 g/mol. The van der Waals surface area contributed by atoms with Gasteiger partial charge in [0.05, 0.1) is 23.7 Å². The molecule has 7 fully saturated rings. The zero-order chi connectivity index (χ0) is 19.2. The fraction of sp³-hybridized carbons (Fsp3) is 0.762. The highest BCUT2D eigenvalue weighted by molar-refractivity contribution is 6.02. The van der Waals surface area contributed by atoms with E-state index in [2.05, 4.69) is 0 Å². The maximum absolute atomic E-state index is 14.0. The van der Waals surface area contributed by atoms with E-state index in [-0.39, 0.29) is 41.3 Å². The Morgan fingerprint density at radius 1 is 0.607 bits per heavy atom. The lowest BCUT2D eigenvalue weighted by molar-refractivity contribution is -0.156. The summed E-state index contributed by atoms with van der Waals surface area (Å²) in [7, 11) is 0. The summed E-state index contributed by atoms with van der Waals surface area (Å²) >= 11 is 0. The van der Waals surface area contributed by atoms with E-state index in [9.17, 15) is 24.0 Å². The number of hydrogen-bond acceptors (Lipinski definition) is 7. The van der Waals surface area contributed by atoms with E-state index < -0.39 is 46.5 Å². The Balaban J connectivity index is 1.27. The van der Waals surface area contributed by atoms with Gasteiger partial charge in [-0.15, -0.1) is 0 Å². The van der Waals surface area contributed by atoms with Gasteiger partial charge in [0.25, 0.3) is 0 Å². The maximum Gasteiger partial charge on any atom is 0.317 e. The first-order chi connectivity index (χ1) is 13.4. The van der Waals surface area contributed by atoms with Crippen LogP contribution in [0.5, 0.6) is 0 Å². The number of ether oxygens (including phenoxy) is 2. The molecule has 0 radical (unpaired) electrons. The second kappa shape index (κ2) is 4.41. The number of carbonyl (C=O) groups is 5. The van der Waals surface area contributed by atoms with Crippen molar-refractivity contribution < 1.29 is 33.4 Å². The molecule has 7 rings (SSSR count). The summed E-state index contributed by atoms with van der Waals surface area (Å²) < 4.78 is 9.82. The third-order valence-electron chi connectivity index (χ3n) is 9.85. The van der Waals surface area contributed by atoms with Crippen LogP contribution >= 0.6 is 0 Å². The molecule has 0 amide bonds. The van der Waals surface area contributed by atoms with Crippen molar-refractivity contribution in [2.24, 2.45) is 58.2 Å². The van der Waals surface area contributed by atoms with Crippen molar-refractivity contribution >= 4 is 29.7 Å². The van der Waals surface area contributed by atoms with E-state index in [0.717, 1.165) is 25.7 Å². The number of carbonyl (C=O) groups excluding carboxylic acids is 5. The number of rotatable bonds is 0. The van der Waals surface area contributed by atoms with Gasteiger partial charge in [0.1, 0.15) is 5.78 Å². The normalized spacial score (nSPS) is 57.6. The average Bonchev–Trinajstić information content (AvgIpc) is 3.46. The highest BCUT2D eigenvalue weighted by Gasteiger charge is 2.78. The van der Waals surface area contributed by atoms with E-state index in [1.807, 2.05) is 0 Å². The smallest absolute Gasteiger partial charge is 0.317 e. The van der Waals surface area contributed by atoms with Crippen molar-refractivity contribution in [3.63, 3.8) is 0 Å². The first-order valence-electron chi connectivity index (χ1n) is 10.4. The van der Waals surface area contributed by atoms with E-state index in [0.29, 0.717) is 12.8 Å². The van der Waals surface area contributed by atoms with Crippen molar-refractivity contribution in [1.29, 1.82) is 0 Å². The van der Waals surface area contributed by atoms with Crippen molar-refractivity contribution in [3.05, 3.63) is 0 Å². The fourth-order valence-electron chi connectivity index (χ4n) is 9.16. The molecule has 0 N–H and O–H groups in total. The van der Waals surface area contributed by atoms with Crippen molar-refractivity contribution in [3.8, 4) is 0 Å². The van der Waals surface area contributed by atoms with Gasteiger partial charge >= 0.3 is 23.9 Å². The first-order valence-corrected chi connectivity index (χ1v) is 10.4. The Morgan fingerprint density at radius 3 is 1.43 bits per heavy atom. The summed E-state index contributed by atoms with van der Waals surface area (Å²) in [6, 6.07) is 0. The number of Topliss-reactive ketones (excluding diaryl/α,β-unsaturated/α-hetero) is 1. The minimum Gasteiger partial charge on any atom is -0.393 e. The Bertz CT molecular complexity index is 850. The molecule has 2 heterocycles. The summed E-state index contributed by atoms with van der Waals surface area (Å²) in [6.45, 7) is 0. The minimum atomic E-state index is -0.554. The molecule has 10 atom stereocenters. The quantitative estimate of drug-likeness (QED) is 0.454. The molecule has 5 aliphatic carbocycles. The predicted octanol–water partition coefficient (Wildman–Crippen LogP) is 1.03. The second-order valence-electron chi connectivity index (χ2n) is 10.3. The molecule has 7 heteroatoms. The molecule has 146 valence electrons. The predicted molar refractivity (Wildman–Crippen MR) is 87.7 cm³/mol. The summed E-state index contributed by atoms with van der Waals surface area (Å²) in [4.78, 5) is 62.8. The van der Waals surface area contributed by atoms with Crippen LogP contribution in [0.2, 0.25) is 0 Å². The van der Waals surface area contributed by atoms with Crippen LogP contribution in [0.25, 0.3) is 0 Å². The Morgan fingerprint density at radius 2 is 1.00 bits per heavy atom. The van der Waals surface area contributed by atoms with Crippen LogP contribution in [0.3, 0.4) is 0 Å².